The Morgan fingerprint density at radius 1 is 1.18 bits per heavy atom. The molecule has 0 bridgehead atoms. The number of amidine groups is 2. The fraction of sp³-hybridized carbons (Fsp3) is 0.250. The van der Waals surface area contributed by atoms with E-state index in [1.165, 1.54) is 27.9 Å². The van der Waals surface area contributed by atoms with Crippen molar-refractivity contribution in [3.63, 3.8) is 0 Å². The Bertz CT molecular complexity index is 1160. The maximum absolute atomic E-state index is 12.3. The summed E-state index contributed by atoms with van der Waals surface area (Å²) < 4.78 is 11.5. The van der Waals surface area contributed by atoms with Crippen LogP contribution in [0.5, 0.6) is 11.5 Å². The van der Waals surface area contributed by atoms with Crippen LogP contribution in [0.4, 0.5) is 0 Å². The lowest BCUT2D eigenvalue weighted by atomic mass is 9.99. The summed E-state index contributed by atoms with van der Waals surface area (Å²) in [6, 6.07) is 13.3. The Kier molecular flexibility index (Phi) is 7.15. The number of hydrazone groups is 1. The van der Waals surface area contributed by atoms with Crippen molar-refractivity contribution in [2.45, 2.75) is 26.2 Å². The van der Waals surface area contributed by atoms with Crippen LogP contribution >= 0.6 is 23.4 Å². The number of hydrogen-bond acceptors (Lipinski definition) is 6. The van der Waals surface area contributed by atoms with Gasteiger partial charge in [0.05, 0.1) is 16.1 Å². The number of ether oxygens (including phenoxy) is 2. The molecule has 4 rings (SSSR count). The smallest absolute Gasteiger partial charge is 0.283 e. The molecule has 0 fully saturated rings. The minimum atomic E-state index is -0.477. The van der Waals surface area contributed by atoms with Gasteiger partial charge in [0.25, 0.3) is 5.91 Å². The molecule has 2 heterocycles. The van der Waals surface area contributed by atoms with Gasteiger partial charge < -0.3 is 9.47 Å². The molecule has 7 nitrogen and oxygen atoms in total. The average Bonchev–Trinajstić information content (AvgIpc) is 3.29. The van der Waals surface area contributed by atoms with E-state index in [-0.39, 0.29) is 11.4 Å². The Hall–Kier alpha value is -3.10. The van der Waals surface area contributed by atoms with Gasteiger partial charge in [-0.05, 0) is 65.6 Å². The minimum absolute atomic E-state index is 0.0166. The number of fused-ring (bicyclic) bond motifs is 1. The highest BCUT2D eigenvalue weighted by atomic mass is 35.5. The zero-order chi connectivity index (χ0) is 23.4. The Balaban J connectivity index is 1.33. The molecule has 0 spiro atoms. The number of nitrogens with zero attached hydrogens (tertiary/aromatic N) is 3. The van der Waals surface area contributed by atoms with Gasteiger partial charge in [0.1, 0.15) is 24.7 Å². The highest BCUT2D eigenvalue weighted by Crippen LogP contribution is 2.29. The van der Waals surface area contributed by atoms with Crippen LogP contribution in [0.15, 0.2) is 58.1 Å². The van der Waals surface area contributed by atoms with E-state index in [1.807, 2.05) is 12.1 Å². The van der Waals surface area contributed by atoms with Crippen molar-refractivity contribution in [1.82, 2.24) is 5.01 Å². The second-order valence-electron chi connectivity index (χ2n) is 7.52. The van der Waals surface area contributed by atoms with E-state index in [1.54, 1.807) is 24.3 Å². The number of benzene rings is 2. The van der Waals surface area contributed by atoms with E-state index in [2.05, 4.69) is 36.1 Å². The number of carbonyl (C=O) groups excluding carboxylic acids is 1. The van der Waals surface area contributed by atoms with Gasteiger partial charge in [0, 0.05) is 0 Å². The van der Waals surface area contributed by atoms with Crippen LogP contribution in [-0.2, 0) is 4.79 Å². The third-order valence-corrected chi connectivity index (χ3v) is 6.30. The SMILES string of the molecule is CCC(C)c1ccc(OCCOc2ccc(C=C3C(=N)N4N=CSC4=NC3=O)cc2Cl)cc1. The number of rotatable bonds is 8. The van der Waals surface area contributed by atoms with Crippen molar-refractivity contribution in [3.8, 4) is 11.5 Å². The number of carbonyl (C=O) groups is 1. The van der Waals surface area contributed by atoms with Crippen LogP contribution in [0.3, 0.4) is 0 Å². The first kappa shape index (κ1) is 23.1. The predicted octanol–water partition coefficient (Wildman–Crippen LogP) is 5.56. The van der Waals surface area contributed by atoms with Crippen LogP contribution < -0.4 is 9.47 Å². The summed E-state index contributed by atoms with van der Waals surface area (Å²) in [4.78, 5) is 16.3. The van der Waals surface area contributed by atoms with Gasteiger partial charge in [-0.15, -0.1) is 0 Å². The number of hydrogen-bond donors (Lipinski definition) is 1. The van der Waals surface area contributed by atoms with E-state index in [0.29, 0.717) is 40.6 Å². The summed E-state index contributed by atoms with van der Waals surface area (Å²) in [7, 11) is 0. The highest BCUT2D eigenvalue weighted by molar-refractivity contribution is 8.25. The van der Waals surface area contributed by atoms with Gasteiger partial charge in [-0.25, -0.2) is 0 Å². The van der Waals surface area contributed by atoms with E-state index in [4.69, 9.17) is 26.5 Å². The lowest BCUT2D eigenvalue weighted by molar-refractivity contribution is -0.114. The third kappa shape index (κ3) is 5.29. The Morgan fingerprint density at radius 3 is 2.67 bits per heavy atom. The monoisotopic (exact) mass is 482 g/mol. The number of amides is 1. The Morgan fingerprint density at radius 2 is 1.94 bits per heavy atom. The summed E-state index contributed by atoms with van der Waals surface area (Å²) in [5, 5.41) is 14.4. The lowest BCUT2D eigenvalue weighted by Gasteiger charge is -2.20. The van der Waals surface area contributed by atoms with Gasteiger partial charge in [-0.3, -0.25) is 10.2 Å². The summed E-state index contributed by atoms with van der Waals surface area (Å²) >= 11 is 7.57. The zero-order valence-corrected chi connectivity index (χ0v) is 19.8. The number of thioether (sulfide) groups is 1. The van der Waals surface area contributed by atoms with Crippen molar-refractivity contribution in [1.29, 1.82) is 5.41 Å². The van der Waals surface area contributed by atoms with Gasteiger partial charge >= 0.3 is 0 Å². The zero-order valence-electron chi connectivity index (χ0n) is 18.2. The number of nitrogens with one attached hydrogen (secondary N) is 1. The largest absolute Gasteiger partial charge is 0.490 e. The van der Waals surface area contributed by atoms with Crippen LogP contribution in [0, 0.1) is 5.41 Å². The van der Waals surface area contributed by atoms with E-state index in [0.717, 1.165) is 12.2 Å². The molecule has 1 atom stereocenters. The van der Waals surface area contributed by atoms with Crippen LogP contribution in [0.1, 0.15) is 37.3 Å². The van der Waals surface area contributed by atoms with Crippen LogP contribution in [0.2, 0.25) is 5.02 Å². The predicted molar refractivity (Wildman–Crippen MR) is 134 cm³/mol. The molecule has 0 saturated heterocycles. The normalized spacial score (nSPS) is 17.2. The molecule has 170 valence electrons. The highest BCUT2D eigenvalue weighted by Gasteiger charge is 2.32. The maximum Gasteiger partial charge on any atom is 0.283 e. The van der Waals surface area contributed by atoms with Gasteiger partial charge in [-0.1, -0.05) is 43.6 Å². The molecule has 2 aromatic carbocycles. The molecule has 0 aromatic heterocycles. The molecular formula is C24H23ClN4O3S. The first-order valence-corrected chi connectivity index (χ1v) is 11.8. The number of halogens is 1. The molecule has 2 aromatic rings. The summed E-state index contributed by atoms with van der Waals surface area (Å²) in [5.74, 6) is 1.35. The quantitative estimate of drug-likeness (QED) is 0.393. The molecule has 2 aliphatic rings. The fourth-order valence-electron chi connectivity index (χ4n) is 3.27. The summed E-state index contributed by atoms with van der Waals surface area (Å²) in [5.41, 5.74) is 3.65. The van der Waals surface area contributed by atoms with Crippen molar-refractivity contribution in [2.75, 3.05) is 13.2 Å². The van der Waals surface area contributed by atoms with Gasteiger partial charge in [0.15, 0.2) is 11.0 Å². The van der Waals surface area contributed by atoms with Crippen molar-refractivity contribution >= 4 is 51.9 Å². The second kappa shape index (κ2) is 10.2. The standard InChI is InChI=1S/C24H23ClN4O3S/c1-3-15(2)17-5-7-18(8-6-17)31-10-11-32-21-9-4-16(13-20(21)25)12-19-22(26)29-24(28-23(19)30)33-14-27-29/h4-9,12-15,26H,3,10-11H2,1-2H3. The van der Waals surface area contributed by atoms with Crippen molar-refractivity contribution < 1.29 is 14.3 Å². The molecule has 2 aliphatic heterocycles. The van der Waals surface area contributed by atoms with Crippen molar-refractivity contribution in [3.05, 3.63) is 64.2 Å². The molecule has 0 saturated carbocycles. The van der Waals surface area contributed by atoms with Gasteiger partial charge in [0.2, 0.25) is 0 Å². The third-order valence-electron chi connectivity index (χ3n) is 5.33. The minimum Gasteiger partial charge on any atom is -0.490 e. The first-order chi connectivity index (χ1) is 16.0. The van der Waals surface area contributed by atoms with E-state index < -0.39 is 5.91 Å². The molecule has 33 heavy (non-hydrogen) atoms. The lowest BCUT2D eigenvalue weighted by Crippen LogP contribution is -2.35. The molecular weight excluding hydrogens is 460 g/mol. The topological polar surface area (TPSA) is 87.3 Å². The molecule has 0 radical (unpaired) electrons. The van der Waals surface area contributed by atoms with Gasteiger partial charge in [-0.2, -0.15) is 15.1 Å². The molecule has 1 amide bonds. The maximum atomic E-state index is 12.3. The summed E-state index contributed by atoms with van der Waals surface area (Å²) in [6.45, 7) is 5.09. The molecule has 1 unspecified atom stereocenters. The van der Waals surface area contributed by atoms with E-state index in [9.17, 15) is 4.79 Å². The molecule has 1 N–H and O–H groups in total. The molecule has 9 heteroatoms. The first-order valence-electron chi connectivity index (χ1n) is 10.5. The molecule has 0 aliphatic carbocycles. The van der Waals surface area contributed by atoms with E-state index >= 15 is 0 Å². The van der Waals surface area contributed by atoms with Crippen LogP contribution in [-0.4, -0.2) is 40.7 Å². The van der Waals surface area contributed by atoms with Crippen molar-refractivity contribution in [2.24, 2.45) is 10.1 Å². The second-order valence-corrected chi connectivity index (χ2v) is 8.74. The number of aliphatic imine (C=N–C) groups is 1. The fourth-order valence-corrected chi connectivity index (χ4v) is 4.12. The summed E-state index contributed by atoms with van der Waals surface area (Å²) in [6.07, 6.45) is 2.68. The Labute approximate surface area is 201 Å². The average molecular weight is 483 g/mol. The van der Waals surface area contributed by atoms with Crippen LogP contribution in [0.25, 0.3) is 6.08 Å².